The van der Waals surface area contributed by atoms with Crippen molar-refractivity contribution in [3.05, 3.63) is 29.8 Å². The highest BCUT2D eigenvalue weighted by molar-refractivity contribution is 7.90. The summed E-state index contributed by atoms with van der Waals surface area (Å²) < 4.78 is 50.6. The Morgan fingerprint density at radius 1 is 1.03 bits per heavy atom. The van der Waals surface area contributed by atoms with Crippen molar-refractivity contribution in [1.29, 1.82) is 0 Å². The number of piperidine rings is 1. The van der Waals surface area contributed by atoms with E-state index in [0.29, 0.717) is 50.1 Å². The normalized spacial score (nSPS) is 28.4. The van der Waals surface area contributed by atoms with Crippen molar-refractivity contribution in [2.24, 2.45) is 0 Å². The first-order valence-corrected chi connectivity index (χ1v) is 15.5. The largest absolute Gasteiger partial charge is 0.348 e. The number of nitrogens with zero attached hydrogens (tertiary/aromatic N) is 3. The highest BCUT2D eigenvalue weighted by Gasteiger charge is 2.50. The number of sulfone groups is 1. The van der Waals surface area contributed by atoms with Crippen LogP contribution in [0.25, 0.3) is 0 Å². The van der Waals surface area contributed by atoms with Gasteiger partial charge in [-0.25, -0.2) is 17.2 Å². The second-order valence-electron chi connectivity index (χ2n) is 11.8. The summed E-state index contributed by atoms with van der Waals surface area (Å²) in [5.74, 6) is -2.69. The predicted octanol–water partition coefficient (Wildman–Crippen LogP) is 2.42. The Balaban J connectivity index is 1.17. The molecule has 1 aromatic rings. The zero-order valence-electron chi connectivity index (χ0n) is 22.2. The molecule has 8 nitrogen and oxygen atoms in total. The van der Waals surface area contributed by atoms with E-state index in [9.17, 15) is 26.8 Å². The van der Waals surface area contributed by atoms with Gasteiger partial charge < -0.3 is 10.2 Å². The summed E-state index contributed by atoms with van der Waals surface area (Å²) >= 11 is 0. The number of hydrogen-bond donors (Lipinski definition) is 1. The van der Waals surface area contributed by atoms with E-state index in [0.717, 1.165) is 18.7 Å². The van der Waals surface area contributed by atoms with E-state index in [-0.39, 0.29) is 43.2 Å². The molecular weight excluding hydrogens is 514 g/mol. The molecule has 4 aliphatic rings. The van der Waals surface area contributed by atoms with Gasteiger partial charge in [0.25, 0.3) is 0 Å². The van der Waals surface area contributed by atoms with Crippen LogP contribution in [-0.2, 0) is 26.0 Å². The van der Waals surface area contributed by atoms with Crippen LogP contribution in [-0.4, -0.2) is 97.5 Å². The van der Waals surface area contributed by atoms with Gasteiger partial charge in [-0.15, -0.1) is 0 Å². The minimum atomic E-state index is -3.23. The number of carbonyl (C=O) groups excluding carboxylic acids is 2. The molecule has 1 aromatic carbocycles. The fourth-order valence-corrected chi connectivity index (χ4v) is 7.31. The number of fused-ring (bicyclic) bond motifs is 1. The summed E-state index contributed by atoms with van der Waals surface area (Å²) in [5, 5.41) is 3.24. The van der Waals surface area contributed by atoms with Gasteiger partial charge in [-0.2, -0.15) is 0 Å². The highest BCUT2D eigenvalue weighted by atomic mass is 32.2. The molecule has 3 saturated heterocycles. The van der Waals surface area contributed by atoms with Crippen molar-refractivity contribution in [3.8, 4) is 0 Å². The maximum Gasteiger partial charge on any atom is 0.248 e. The number of likely N-dealkylation sites (tertiary alicyclic amines) is 1. The zero-order chi connectivity index (χ0) is 27.3. The van der Waals surface area contributed by atoms with Crippen LogP contribution < -0.4 is 5.32 Å². The minimum absolute atomic E-state index is 0.00333. The molecule has 2 atom stereocenters. The molecule has 3 aliphatic heterocycles. The molecule has 210 valence electrons. The number of hydrogen-bond acceptors (Lipinski definition) is 6. The van der Waals surface area contributed by atoms with Crippen LogP contribution in [0.4, 0.5) is 8.78 Å². The first kappa shape index (κ1) is 27.5. The Morgan fingerprint density at radius 3 is 2.26 bits per heavy atom. The molecule has 2 amide bonds. The lowest BCUT2D eigenvalue weighted by atomic mass is 9.83. The average molecular weight is 553 g/mol. The van der Waals surface area contributed by atoms with Crippen LogP contribution in [0.5, 0.6) is 0 Å². The van der Waals surface area contributed by atoms with Crippen LogP contribution in [0.15, 0.2) is 29.2 Å². The van der Waals surface area contributed by atoms with Crippen molar-refractivity contribution >= 4 is 21.7 Å². The van der Waals surface area contributed by atoms with Gasteiger partial charge in [0.15, 0.2) is 9.84 Å². The van der Waals surface area contributed by atoms with Gasteiger partial charge in [0.1, 0.15) is 6.04 Å². The van der Waals surface area contributed by atoms with E-state index >= 15 is 0 Å². The number of alkyl halides is 2. The molecule has 1 saturated carbocycles. The first-order chi connectivity index (χ1) is 17.8. The quantitative estimate of drug-likeness (QED) is 0.604. The summed E-state index contributed by atoms with van der Waals surface area (Å²) in [6.07, 6.45) is 4.01. The van der Waals surface area contributed by atoms with E-state index in [2.05, 4.69) is 15.1 Å². The molecule has 1 N–H and O–H groups in total. The molecular formula is C27H38F2N4O4S. The molecule has 0 aromatic heterocycles. The predicted molar refractivity (Wildman–Crippen MR) is 138 cm³/mol. The second-order valence-corrected chi connectivity index (χ2v) is 13.9. The Bertz CT molecular complexity index is 1130. The molecule has 0 radical (unpaired) electrons. The van der Waals surface area contributed by atoms with Crippen molar-refractivity contribution in [2.45, 2.75) is 92.4 Å². The lowest BCUT2D eigenvalue weighted by molar-refractivity contribution is -0.135. The summed E-state index contributed by atoms with van der Waals surface area (Å²) in [6.45, 7) is 2.59. The second kappa shape index (κ2) is 10.1. The van der Waals surface area contributed by atoms with Crippen molar-refractivity contribution in [2.75, 3.05) is 32.9 Å². The van der Waals surface area contributed by atoms with Crippen LogP contribution >= 0.6 is 0 Å². The van der Waals surface area contributed by atoms with Crippen LogP contribution in [0, 0.1) is 0 Å². The third kappa shape index (κ3) is 5.74. The van der Waals surface area contributed by atoms with Gasteiger partial charge in [-0.3, -0.25) is 19.4 Å². The molecule has 1 spiro atoms. The summed E-state index contributed by atoms with van der Waals surface area (Å²) in [5.41, 5.74) is 0.470. The zero-order valence-corrected chi connectivity index (χ0v) is 23.0. The molecule has 11 heteroatoms. The molecule has 0 unspecified atom stereocenters. The van der Waals surface area contributed by atoms with Crippen molar-refractivity contribution in [1.82, 2.24) is 20.0 Å². The van der Waals surface area contributed by atoms with Crippen LogP contribution in [0.2, 0.25) is 0 Å². The summed E-state index contributed by atoms with van der Waals surface area (Å²) in [4.78, 5) is 33.1. The number of rotatable bonds is 5. The maximum absolute atomic E-state index is 13.6. The van der Waals surface area contributed by atoms with Crippen LogP contribution in [0.1, 0.15) is 56.9 Å². The third-order valence-electron chi connectivity index (χ3n) is 9.19. The molecule has 1 aliphatic carbocycles. The van der Waals surface area contributed by atoms with Crippen molar-refractivity contribution < 1.29 is 26.8 Å². The third-order valence-corrected chi connectivity index (χ3v) is 10.3. The number of halogens is 2. The van der Waals surface area contributed by atoms with Gasteiger partial charge in [-0.05, 0) is 56.8 Å². The smallest absolute Gasteiger partial charge is 0.248 e. The molecule has 0 bridgehead atoms. The standard InChI is InChI=1S/C27H38F2N4O4S/c1-31(20-7-9-27(28,29)10-8-20)21-15-23-25(35)30-26(16-24(34)33(23)18-21)11-13-32(14-12-26)17-19-3-5-22(6-4-19)38(2,36)37/h3-6,20-21,23H,7-18H2,1-2H3,(H,30,35)/t21-,23-/m0/s1. The van der Waals surface area contributed by atoms with E-state index < -0.39 is 27.3 Å². The van der Waals surface area contributed by atoms with Crippen LogP contribution in [0.3, 0.4) is 0 Å². The van der Waals surface area contributed by atoms with E-state index in [1.54, 1.807) is 17.0 Å². The molecule has 5 rings (SSSR count). The van der Waals surface area contributed by atoms with E-state index in [1.807, 2.05) is 19.2 Å². The Hall–Kier alpha value is -2.11. The molecule has 4 fully saturated rings. The lowest BCUT2D eigenvalue weighted by Gasteiger charge is -2.41. The fraction of sp³-hybridized carbons (Fsp3) is 0.704. The van der Waals surface area contributed by atoms with E-state index in [4.69, 9.17) is 0 Å². The van der Waals surface area contributed by atoms with Gasteiger partial charge in [0.2, 0.25) is 17.7 Å². The van der Waals surface area contributed by atoms with Crippen molar-refractivity contribution in [3.63, 3.8) is 0 Å². The molecule has 3 heterocycles. The van der Waals surface area contributed by atoms with Gasteiger partial charge in [0.05, 0.1) is 16.9 Å². The van der Waals surface area contributed by atoms with E-state index in [1.165, 1.54) is 6.26 Å². The monoisotopic (exact) mass is 552 g/mol. The number of carbonyl (C=O) groups is 2. The Labute approximate surface area is 223 Å². The fourth-order valence-electron chi connectivity index (χ4n) is 6.68. The summed E-state index contributed by atoms with van der Waals surface area (Å²) in [6, 6.07) is 6.46. The number of nitrogens with one attached hydrogen (secondary N) is 1. The number of amides is 2. The summed E-state index contributed by atoms with van der Waals surface area (Å²) in [7, 11) is -1.29. The maximum atomic E-state index is 13.6. The van der Waals surface area contributed by atoms with Gasteiger partial charge in [0, 0.05) is 57.4 Å². The first-order valence-electron chi connectivity index (χ1n) is 13.6. The van der Waals surface area contributed by atoms with Gasteiger partial charge >= 0.3 is 0 Å². The topological polar surface area (TPSA) is 90.0 Å². The Kier molecular flexibility index (Phi) is 7.32. The highest BCUT2D eigenvalue weighted by Crippen LogP contribution is 2.38. The number of likely N-dealkylation sites (N-methyl/N-ethyl adjacent to an activating group) is 1. The van der Waals surface area contributed by atoms with Gasteiger partial charge in [-0.1, -0.05) is 12.1 Å². The minimum Gasteiger partial charge on any atom is -0.348 e. The number of benzene rings is 1. The Morgan fingerprint density at radius 2 is 1.66 bits per heavy atom. The SMILES string of the molecule is CN(C1CCC(F)(F)CC1)[C@H]1C[C@H]2C(=O)NC3(CCN(Cc4ccc(S(C)(=O)=O)cc4)CC3)CC(=O)N2C1. The lowest BCUT2D eigenvalue weighted by Crippen LogP contribution is -2.56. The average Bonchev–Trinajstić information content (AvgIpc) is 3.28. The molecule has 38 heavy (non-hydrogen) atoms.